The summed E-state index contributed by atoms with van der Waals surface area (Å²) in [6.45, 7) is -0.699. The Balaban J connectivity index is 1.49. The number of nitrogens with one attached hydrogen (secondary N) is 2. The summed E-state index contributed by atoms with van der Waals surface area (Å²) in [5.74, 6) is -4.19. The molecule has 1 aliphatic rings. The normalized spacial score (nSPS) is 21.4. The predicted molar refractivity (Wildman–Crippen MR) is 160 cm³/mol. The maximum atomic E-state index is 12.9. The van der Waals surface area contributed by atoms with Crippen LogP contribution in [0.5, 0.6) is 0 Å². The highest BCUT2D eigenvalue weighted by molar-refractivity contribution is 7.99. The Bertz CT molecular complexity index is 1700. The van der Waals surface area contributed by atoms with Crippen LogP contribution in [0.4, 0.5) is 0 Å². The Morgan fingerprint density at radius 2 is 1.58 bits per heavy atom. The third-order valence-electron chi connectivity index (χ3n) is 7.82. The molecule has 0 heterocycles. The van der Waals surface area contributed by atoms with E-state index in [0.717, 1.165) is 44.1 Å². The van der Waals surface area contributed by atoms with E-state index in [4.69, 9.17) is 15.9 Å². The van der Waals surface area contributed by atoms with Crippen molar-refractivity contribution in [1.82, 2.24) is 10.6 Å². The Morgan fingerprint density at radius 3 is 2.26 bits per heavy atom. The standard InChI is InChI=1S/C30H31N3O9S/c31-18(30(41)42)8-9-20(34)33-19(29(40)32-11-21(35)36)12-43-28-24-16-7-6-14-3-1-2-13-4-5-15(23(16)22(13)14)10-17(24)25(37)26(38)27(28)39/h1-7,10,18-19,25-28,37-39H,8-9,11-12,31H2,(H,32,40)(H,33,34)(H,35,36)(H,41,42)/t18-,19-,25?,26?,27?,28?/m0/s1. The molecule has 6 atom stereocenters. The summed E-state index contributed by atoms with van der Waals surface area (Å²) >= 11 is 1.06. The third kappa shape index (κ3) is 5.94. The fraction of sp³-hybridized carbons (Fsp3) is 0.333. The smallest absolute Gasteiger partial charge is 0.322 e. The Morgan fingerprint density at radius 1 is 0.907 bits per heavy atom. The SMILES string of the molecule is N[C@@H](CCC(=O)N[C@@H](CSC1c2c(cc3ccc4cccc5ccc2c3c45)C(O)C(O)C1O)C(=O)NCC(=O)O)C(=O)O. The lowest BCUT2D eigenvalue weighted by atomic mass is 9.80. The van der Waals surface area contributed by atoms with Crippen LogP contribution in [0.3, 0.4) is 0 Å². The van der Waals surface area contributed by atoms with Gasteiger partial charge in [-0.2, -0.15) is 0 Å². The Kier molecular flexibility index (Phi) is 8.71. The zero-order chi connectivity index (χ0) is 31.0. The van der Waals surface area contributed by atoms with Gasteiger partial charge in [0.1, 0.15) is 30.8 Å². The predicted octanol–water partition coefficient (Wildman–Crippen LogP) is 1.00. The number of thioether (sulfide) groups is 1. The zero-order valence-electron chi connectivity index (χ0n) is 22.8. The van der Waals surface area contributed by atoms with Crippen LogP contribution in [0.1, 0.15) is 35.3 Å². The van der Waals surface area contributed by atoms with Gasteiger partial charge in [-0.15, -0.1) is 11.8 Å². The molecule has 13 heteroatoms. The number of aliphatic hydroxyl groups excluding tert-OH is 3. The first-order valence-electron chi connectivity index (χ1n) is 13.6. The Labute approximate surface area is 249 Å². The molecule has 2 amide bonds. The molecular weight excluding hydrogens is 578 g/mol. The maximum Gasteiger partial charge on any atom is 0.322 e. The summed E-state index contributed by atoms with van der Waals surface area (Å²) in [5, 5.41) is 60.5. The maximum absolute atomic E-state index is 12.9. The molecule has 4 unspecified atom stereocenters. The summed E-state index contributed by atoms with van der Waals surface area (Å²) in [4.78, 5) is 47.6. The van der Waals surface area contributed by atoms with Gasteiger partial charge < -0.3 is 41.9 Å². The highest BCUT2D eigenvalue weighted by Crippen LogP contribution is 2.50. The van der Waals surface area contributed by atoms with Crippen LogP contribution in [-0.4, -0.2) is 85.9 Å². The first kappa shape index (κ1) is 30.4. The van der Waals surface area contributed by atoms with E-state index in [1.165, 1.54) is 0 Å². The third-order valence-corrected chi connectivity index (χ3v) is 9.21. The minimum Gasteiger partial charge on any atom is -0.480 e. The fourth-order valence-corrected chi connectivity index (χ4v) is 7.09. The molecule has 0 aliphatic heterocycles. The number of carboxylic acid groups (broad SMARTS) is 2. The van der Waals surface area contributed by atoms with Gasteiger partial charge in [-0.1, -0.05) is 42.5 Å². The fourth-order valence-electron chi connectivity index (χ4n) is 5.66. The van der Waals surface area contributed by atoms with E-state index in [0.29, 0.717) is 11.1 Å². The number of nitrogens with two attached hydrogens (primary N) is 1. The first-order valence-corrected chi connectivity index (χ1v) is 14.7. The van der Waals surface area contributed by atoms with E-state index in [1.807, 2.05) is 42.5 Å². The molecule has 0 saturated carbocycles. The average molecular weight is 610 g/mol. The van der Waals surface area contributed by atoms with Gasteiger partial charge in [-0.05, 0) is 55.9 Å². The summed E-state index contributed by atoms with van der Waals surface area (Å²) in [6, 6.07) is 13.0. The van der Waals surface area contributed by atoms with Gasteiger partial charge in [0.2, 0.25) is 11.8 Å². The number of aliphatic hydroxyl groups is 3. The molecule has 4 aromatic rings. The average Bonchev–Trinajstić information content (AvgIpc) is 2.99. The van der Waals surface area contributed by atoms with Gasteiger partial charge in [0, 0.05) is 12.2 Å². The molecule has 0 spiro atoms. The summed E-state index contributed by atoms with van der Waals surface area (Å²) in [6.07, 6.45) is -4.84. The van der Waals surface area contributed by atoms with Crippen molar-refractivity contribution in [2.75, 3.05) is 12.3 Å². The molecule has 0 bridgehead atoms. The summed E-state index contributed by atoms with van der Waals surface area (Å²) in [7, 11) is 0. The van der Waals surface area contributed by atoms with Crippen molar-refractivity contribution in [3.63, 3.8) is 0 Å². The topological polar surface area (TPSA) is 220 Å². The van der Waals surface area contributed by atoms with E-state index >= 15 is 0 Å². The second-order valence-corrected chi connectivity index (χ2v) is 11.8. The lowest BCUT2D eigenvalue weighted by Crippen LogP contribution is -2.50. The van der Waals surface area contributed by atoms with Crippen molar-refractivity contribution >= 4 is 67.8 Å². The highest BCUT2D eigenvalue weighted by atomic mass is 32.2. The minimum absolute atomic E-state index is 0.145. The van der Waals surface area contributed by atoms with Crippen molar-refractivity contribution in [2.24, 2.45) is 5.73 Å². The number of hydrogen-bond donors (Lipinski definition) is 8. The summed E-state index contributed by atoms with van der Waals surface area (Å²) < 4.78 is 0. The number of benzene rings is 4. The molecule has 0 fully saturated rings. The molecule has 5 rings (SSSR count). The number of aliphatic carboxylic acids is 2. The molecule has 12 nitrogen and oxygen atoms in total. The van der Waals surface area contributed by atoms with E-state index in [2.05, 4.69) is 10.6 Å². The number of fused-ring (bicyclic) bond motifs is 2. The van der Waals surface area contributed by atoms with Crippen molar-refractivity contribution in [3.05, 3.63) is 59.7 Å². The van der Waals surface area contributed by atoms with E-state index < -0.39 is 65.9 Å². The van der Waals surface area contributed by atoms with Crippen molar-refractivity contribution in [1.29, 1.82) is 0 Å². The minimum atomic E-state index is -1.54. The number of amides is 2. The lowest BCUT2D eigenvalue weighted by Gasteiger charge is -2.38. The molecule has 0 aromatic heterocycles. The van der Waals surface area contributed by atoms with E-state index in [1.54, 1.807) is 6.07 Å². The number of rotatable bonds is 11. The van der Waals surface area contributed by atoms with Crippen LogP contribution in [0.15, 0.2) is 48.5 Å². The molecule has 43 heavy (non-hydrogen) atoms. The van der Waals surface area contributed by atoms with Gasteiger partial charge in [0.15, 0.2) is 0 Å². The van der Waals surface area contributed by atoms with E-state index in [9.17, 15) is 34.5 Å². The van der Waals surface area contributed by atoms with Crippen molar-refractivity contribution in [2.45, 2.75) is 48.5 Å². The molecule has 0 radical (unpaired) electrons. The van der Waals surface area contributed by atoms with Crippen molar-refractivity contribution < 1.29 is 44.7 Å². The first-order chi connectivity index (χ1) is 20.5. The second-order valence-electron chi connectivity index (χ2n) is 10.6. The van der Waals surface area contributed by atoms with Gasteiger partial charge in [-0.25, -0.2) is 0 Å². The van der Waals surface area contributed by atoms with Gasteiger partial charge >= 0.3 is 11.9 Å². The van der Waals surface area contributed by atoms with Crippen LogP contribution in [0.25, 0.3) is 32.3 Å². The van der Waals surface area contributed by atoms with Crippen LogP contribution in [-0.2, 0) is 19.2 Å². The molecular formula is C30H31N3O9S. The van der Waals surface area contributed by atoms with Gasteiger partial charge in [0.05, 0.1) is 11.4 Å². The molecule has 1 aliphatic carbocycles. The van der Waals surface area contributed by atoms with Crippen molar-refractivity contribution in [3.8, 4) is 0 Å². The molecule has 4 aromatic carbocycles. The summed E-state index contributed by atoms with van der Waals surface area (Å²) in [5.41, 5.74) is 6.49. The largest absolute Gasteiger partial charge is 0.480 e. The monoisotopic (exact) mass is 609 g/mol. The van der Waals surface area contributed by atoms with Crippen LogP contribution < -0.4 is 16.4 Å². The molecule has 0 saturated heterocycles. The number of carboxylic acids is 2. The highest BCUT2D eigenvalue weighted by Gasteiger charge is 2.42. The number of carbonyl (C=O) groups is 4. The second kappa shape index (κ2) is 12.3. The van der Waals surface area contributed by atoms with Crippen LogP contribution in [0, 0.1) is 0 Å². The quantitative estimate of drug-likeness (QED) is 0.112. The van der Waals surface area contributed by atoms with Gasteiger partial charge in [-0.3, -0.25) is 19.2 Å². The van der Waals surface area contributed by atoms with E-state index in [-0.39, 0.29) is 18.6 Å². The zero-order valence-corrected chi connectivity index (χ0v) is 23.6. The van der Waals surface area contributed by atoms with Gasteiger partial charge in [0.25, 0.3) is 0 Å². The lowest BCUT2D eigenvalue weighted by molar-refractivity contribution is -0.139. The Hall–Kier alpha value is -4.01. The molecule has 9 N–H and O–H groups in total. The number of carbonyl (C=O) groups excluding carboxylic acids is 2. The van der Waals surface area contributed by atoms with Crippen LogP contribution >= 0.6 is 11.8 Å². The number of hydrogen-bond acceptors (Lipinski definition) is 9. The van der Waals surface area contributed by atoms with Crippen LogP contribution in [0.2, 0.25) is 0 Å². The molecule has 226 valence electrons.